The molecular weight excluding hydrogens is 347 g/mol. The Bertz CT molecular complexity index is 1040. The second-order valence-electron chi connectivity index (χ2n) is 5.27. The van der Waals surface area contributed by atoms with Crippen LogP contribution in [0.2, 0.25) is 5.02 Å². The molecule has 0 fully saturated rings. The molecule has 1 N–H and O–H groups in total. The van der Waals surface area contributed by atoms with Crippen LogP contribution in [0.4, 0.5) is 10.1 Å². The van der Waals surface area contributed by atoms with Crippen LogP contribution in [0.3, 0.4) is 0 Å². The number of anilines is 1. The van der Waals surface area contributed by atoms with E-state index < -0.39 is 5.82 Å². The molecule has 4 aromatic rings. The third-order valence-electron chi connectivity index (χ3n) is 3.61. The van der Waals surface area contributed by atoms with Gasteiger partial charge in [0.15, 0.2) is 0 Å². The summed E-state index contributed by atoms with van der Waals surface area (Å²) in [5.74, 6) is -0.794. The highest BCUT2D eigenvalue weighted by molar-refractivity contribution is 7.20. The molecule has 1 amide bonds. The largest absolute Gasteiger partial charge is 0.321 e. The maximum absolute atomic E-state index is 13.2. The number of amides is 1. The Labute approximate surface area is 145 Å². The summed E-state index contributed by atoms with van der Waals surface area (Å²) < 4.78 is 13.2. The number of nitrogens with zero attached hydrogens (tertiary/aromatic N) is 1. The second-order valence-corrected chi connectivity index (χ2v) is 6.71. The molecule has 2 aromatic carbocycles. The second kappa shape index (κ2) is 5.85. The number of benzene rings is 2. The van der Waals surface area contributed by atoms with Gasteiger partial charge in [0, 0.05) is 16.5 Å². The van der Waals surface area contributed by atoms with Crippen molar-refractivity contribution in [2.75, 3.05) is 5.32 Å². The predicted octanol–water partition coefficient (Wildman–Crippen LogP) is 5.49. The number of aromatic nitrogens is 1. The molecule has 118 valence electrons. The van der Waals surface area contributed by atoms with E-state index in [1.165, 1.54) is 29.5 Å². The first-order valence-electron chi connectivity index (χ1n) is 7.16. The summed E-state index contributed by atoms with van der Waals surface area (Å²) in [6.07, 6.45) is 0. The lowest BCUT2D eigenvalue weighted by atomic mass is 10.2. The van der Waals surface area contributed by atoms with Crippen molar-refractivity contribution in [2.45, 2.75) is 0 Å². The average molecular weight is 357 g/mol. The fraction of sp³-hybridized carbons (Fsp3) is 0. The summed E-state index contributed by atoms with van der Waals surface area (Å²) >= 11 is 7.05. The van der Waals surface area contributed by atoms with Crippen molar-refractivity contribution < 1.29 is 9.18 Å². The number of carbonyl (C=O) groups is 1. The smallest absolute Gasteiger partial charge is 0.265 e. The molecule has 4 rings (SSSR count). The average Bonchev–Trinajstić information content (AvgIpc) is 2.99. The van der Waals surface area contributed by atoms with Gasteiger partial charge in [-0.05, 0) is 36.4 Å². The Balaban J connectivity index is 1.68. The summed E-state index contributed by atoms with van der Waals surface area (Å²) in [5, 5.41) is 4.64. The van der Waals surface area contributed by atoms with Crippen LogP contribution < -0.4 is 5.32 Å². The molecular formula is C18H10ClFN2OS. The number of pyridine rings is 1. The van der Waals surface area contributed by atoms with Gasteiger partial charge < -0.3 is 5.32 Å². The molecule has 3 nitrogen and oxygen atoms in total. The van der Waals surface area contributed by atoms with E-state index in [0.29, 0.717) is 10.6 Å². The van der Waals surface area contributed by atoms with Crippen molar-refractivity contribution in [1.82, 2.24) is 4.98 Å². The van der Waals surface area contributed by atoms with Gasteiger partial charge in [-0.1, -0.05) is 29.8 Å². The van der Waals surface area contributed by atoms with Crippen molar-refractivity contribution in [3.63, 3.8) is 0 Å². The summed E-state index contributed by atoms with van der Waals surface area (Å²) in [7, 11) is 0. The van der Waals surface area contributed by atoms with Gasteiger partial charge in [0.25, 0.3) is 5.91 Å². The SMILES string of the molecule is O=C(Nc1ccc(F)c(Cl)c1)c1cc2cc3ccccc3nc2s1. The molecule has 0 saturated carbocycles. The first-order chi connectivity index (χ1) is 11.6. The van der Waals surface area contributed by atoms with Crippen LogP contribution in [0.25, 0.3) is 21.1 Å². The van der Waals surface area contributed by atoms with E-state index in [4.69, 9.17) is 11.6 Å². The van der Waals surface area contributed by atoms with E-state index >= 15 is 0 Å². The van der Waals surface area contributed by atoms with Gasteiger partial charge in [-0.25, -0.2) is 9.37 Å². The monoisotopic (exact) mass is 356 g/mol. The van der Waals surface area contributed by atoms with E-state index in [9.17, 15) is 9.18 Å². The van der Waals surface area contributed by atoms with E-state index in [1.54, 1.807) is 6.07 Å². The molecule has 24 heavy (non-hydrogen) atoms. The highest BCUT2D eigenvalue weighted by Crippen LogP contribution is 2.28. The van der Waals surface area contributed by atoms with Crippen molar-refractivity contribution in [1.29, 1.82) is 0 Å². The Kier molecular flexibility index (Phi) is 3.67. The number of carbonyl (C=O) groups excluding carboxylic acids is 1. The molecule has 0 atom stereocenters. The zero-order chi connectivity index (χ0) is 16.7. The standard InChI is InChI=1S/C18H10ClFN2OS/c19-13-9-12(5-6-14(13)20)21-17(23)16-8-11-7-10-3-1-2-4-15(10)22-18(11)24-16/h1-9H,(H,21,23). The highest BCUT2D eigenvalue weighted by Gasteiger charge is 2.13. The minimum atomic E-state index is -0.521. The van der Waals surface area contributed by atoms with E-state index in [0.717, 1.165) is 21.1 Å². The van der Waals surface area contributed by atoms with Gasteiger partial charge in [-0.3, -0.25) is 4.79 Å². The van der Waals surface area contributed by atoms with Gasteiger partial charge >= 0.3 is 0 Å². The summed E-state index contributed by atoms with van der Waals surface area (Å²) in [4.78, 5) is 18.3. The van der Waals surface area contributed by atoms with Gasteiger partial charge in [-0.2, -0.15) is 0 Å². The third kappa shape index (κ3) is 2.72. The zero-order valence-corrected chi connectivity index (χ0v) is 13.8. The van der Waals surface area contributed by atoms with Crippen LogP contribution in [0, 0.1) is 5.82 Å². The topological polar surface area (TPSA) is 42.0 Å². The maximum Gasteiger partial charge on any atom is 0.265 e. The molecule has 2 aromatic heterocycles. The number of hydrogen-bond acceptors (Lipinski definition) is 3. The molecule has 0 unspecified atom stereocenters. The Morgan fingerprint density at radius 2 is 1.92 bits per heavy atom. The first-order valence-corrected chi connectivity index (χ1v) is 8.35. The van der Waals surface area contributed by atoms with E-state index in [2.05, 4.69) is 10.3 Å². The molecule has 0 saturated heterocycles. The molecule has 6 heteroatoms. The maximum atomic E-state index is 13.2. The van der Waals surface area contributed by atoms with Crippen LogP contribution in [0.1, 0.15) is 9.67 Å². The molecule has 0 bridgehead atoms. The molecule has 0 spiro atoms. The molecule has 0 radical (unpaired) electrons. The summed E-state index contributed by atoms with van der Waals surface area (Å²) in [5.41, 5.74) is 1.34. The molecule has 0 aliphatic carbocycles. The fourth-order valence-electron chi connectivity index (χ4n) is 2.45. The minimum absolute atomic E-state index is 0.0305. The Morgan fingerprint density at radius 1 is 1.08 bits per heavy atom. The number of rotatable bonds is 2. The number of fused-ring (bicyclic) bond motifs is 2. The number of hydrogen-bond donors (Lipinski definition) is 1. The zero-order valence-electron chi connectivity index (χ0n) is 12.2. The van der Waals surface area contributed by atoms with Crippen LogP contribution >= 0.6 is 22.9 Å². The summed E-state index contributed by atoms with van der Waals surface area (Å²) in [6.45, 7) is 0. The van der Waals surface area contributed by atoms with Crippen LogP contribution in [0.5, 0.6) is 0 Å². The Morgan fingerprint density at radius 3 is 2.75 bits per heavy atom. The van der Waals surface area contributed by atoms with E-state index in [1.807, 2.05) is 30.3 Å². The van der Waals surface area contributed by atoms with Crippen molar-refractivity contribution in [3.05, 3.63) is 70.3 Å². The lowest BCUT2D eigenvalue weighted by molar-refractivity contribution is 0.103. The number of para-hydroxylation sites is 1. The quantitative estimate of drug-likeness (QED) is 0.515. The molecule has 0 aliphatic heterocycles. The summed E-state index contributed by atoms with van der Waals surface area (Å²) in [6, 6.07) is 15.7. The fourth-order valence-corrected chi connectivity index (χ4v) is 3.55. The third-order valence-corrected chi connectivity index (χ3v) is 4.94. The lowest BCUT2D eigenvalue weighted by Gasteiger charge is -2.04. The predicted molar refractivity (Wildman–Crippen MR) is 96.5 cm³/mol. The highest BCUT2D eigenvalue weighted by atomic mass is 35.5. The lowest BCUT2D eigenvalue weighted by Crippen LogP contribution is -2.10. The minimum Gasteiger partial charge on any atom is -0.321 e. The van der Waals surface area contributed by atoms with Gasteiger partial charge in [0.1, 0.15) is 10.6 Å². The number of nitrogens with one attached hydrogen (secondary N) is 1. The van der Waals surface area contributed by atoms with Crippen LogP contribution in [-0.4, -0.2) is 10.9 Å². The number of thiophene rings is 1. The number of halogens is 2. The normalized spacial score (nSPS) is 11.1. The first kappa shape index (κ1) is 15.1. The van der Waals surface area contributed by atoms with Gasteiger partial charge in [-0.15, -0.1) is 11.3 Å². The Hall–Kier alpha value is -2.50. The van der Waals surface area contributed by atoms with Gasteiger partial charge in [0.2, 0.25) is 0 Å². The van der Waals surface area contributed by atoms with Crippen LogP contribution in [0.15, 0.2) is 54.6 Å². The van der Waals surface area contributed by atoms with Crippen LogP contribution in [-0.2, 0) is 0 Å². The van der Waals surface area contributed by atoms with Crippen molar-refractivity contribution in [2.24, 2.45) is 0 Å². The van der Waals surface area contributed by atoms with Crippen molar-refractivity contribution in [3.8, 4) is 0 Å². The van der Waals surface area contributed by atoms with Crippen molar-refractivity contribution >= 4 is 55.7 Å². The van der Waals surface area contributed by atoms with Gasteiger partial charge in [0.05, 0.1) is 15.4 Å². The molecule has 2 heterocycles. The van der Waals surface area contributed by atoms with E-state index in [-0.39, 0.29) is 10.9 Å². The molecule has 0 aliphatic rings.